The first-order valence-electron chi connectivity index (χ1n) is 5.03. The van der Waals surface area contributed by atoms with Gasteiger partial charge in [0.05, 0.1) is 6.42 Å². The summed E-state index contributed by atoms with van der Waals surface area (Å²) in [4.78, 5) is 25.5. The molecule has 1 aromatic carbocycles. The Kier molecular flexibility index (Phi) is 4.90. The maximum absolute atomic E-state index is 10.9. The van der Waals surface area contributed by atoms with Crippen LogP contribution in [-0.2, 0) is 9.59 Å². The van der Waals surface area contributed by atoms with E-state index in [0.29, 0.717) is 11.1 Å². The lowest BCUT2D eigenvalue weighted by molar-refractivity contribution is -0.142. The third-order valence-corrected chi connectivity index (χ3v) is 3.18. The molecule has 0 aliphatic rings. The average molecular weight is 284 g/mol. The van der Waals surface area contributed by atoms with Gasteiger partial charge in [0.25, 0.3) is 5.22 Å². The summed E-state index contributed by atoms with van der Waals surface area (Å²) < 4.78 is 5.33. The topological polar surface area (TPSA) is 136 Å². The maximum atomic E-state index is 10.9. The fourth-order valence-corrected chi connectivity index (χ4v) is 2.22. The molecule has 1 unspecified atom stereocenters. The van der Waals surface area contributed by atoms with Crippen LogP contribution in [0.1, 0.15) is 6.42 Å². The van der Waals surface area contributed by atoms with Crippen LogP contribution >= 0.6 is 11.8 Å². The van der Waals surface area contributed by atoms with E-state index in [0.717, 1.165) is 11.8 Å². The Labute approximate surface area is 112 Å². The van der Waals surface area contributed by atoms with Crippen molar-refractivity contribution in [2.75, 3.05) is 0 Å². The van der Waals surface area contributed by atoms with Crippen molar-refractivity contribution in [3.63, 3.8) is 0 Å². The lowest BCUT2D eigenvalue weighted by Crippen LogP contribution is -2.20. The number of thioether (sulfide) groups is 1. The van der Waals surface area contributed by atoms with Crippen LogP contribution < -0.4 is 6.15 Å². The zero-order chi connectivity index (χ0) is 13.1. The molecule has 0 aliphatic heterocycles. The molecule has 0 amide bonds. The molecule has 5 N–H and O–H groups in total. The van der Waals surface area contributed by atoms with E-state index in [2.05, 4.69) is 4.98 Å². The van der Waals surface area contributed by atoms with E-state index >= 15 is 0 Å². The van der Waals surface area contributed by atoms with Gasteiger partial charge in [-0.05, 0) is 12.1 Å². The predicted molar refractivity (Wildman–Crippen MR) is 68.6 cm³/mol. The summed E-state index contributed by atoms with van der Waals surface area (Å²) in [5, 5.41) is 16.6. The lowest BCUT2D eigenvalue weighted by atomic mass is 10.3. The second-order valence-electron chi connectivity index (χ2n) is 3.49. The first-order valence-corrected chi connectivity index (χ1v) is 5.91. The van der Waals surface area contributed by atoms with Crippen LogP contribution in [0, 0.1) is 0 Å². The highest BCUT2D eigenvalue weighted by molar-refractivity contribution is 8.00. The van der Waals surface area contributed by atoms with Crippen LogP contribution in [0.15, 0.2) is 33.9 Å². The molecule has 0 saturated heterocycles. The number of para-hydroxylation sites is 2. The molecule has 19 heavy (non-hydrogen) atoms. The van der Waals surface area contributed by atoms with E-state index in [1.54, 1.807) is 24.3 Å². The number of benzene rings is 1. The predicted octanol–water partition coefficient (Wildman–Crippen LogP) is 2.01. The number of carboxylic acid groups (broad SMARTS) is 2. The quantitative estimate of drug-likeness (QED) is 0.709. The number of carbonyl (C=O) groups is 2. The SMILES string of the molecule is N.O=C(O)CC(Sc1nc2ccccc2o1)C(=O)O. The average Bonchev–Trinajstić information content (AvgIpc) is 2.69. The van der Waals surface area contributed by atoms with Crippen LogP contribution in [0.5, 0.6) is 0 Å². The first-order chi connectivity index (χ1) is 8.56. The third-order valence-electron chi connectivity index (χ3n) is 2.15. The number of oxazole rings is 1. The molecule has 7 nitrogen and oxygen atoms in total. The van der Waals surface area contributed by atoms with Crippen molar-refractivity contribution >= 4 is 34.8 Å². The normalized spacial score (nSPS) is 11.8. The molecule has 0 radical (unpaired) electrons. The smallest absolute Gasteiger partial charge is 0.317 e. The summed E-state index contributed by atoms with van der Waals surface area (Å²) in [5.41, 5.74) is 1.15. The Balaban J connectivity index is 0.00000180. The van der Waals surface area contributed by atoms with Crippen LogP contribution in [0.4, 0.5) is 0 Å². The Hall–Kier alpha value is -2.06. The summed E-state index contributed by atoms with van der Waals surface area (Å²) in [6.07, 6.45) is -0.487. The molecule has 1 aromatic heterocycles. The lowest BCUT2D eigenvalue weighted by Gasteiger charge is -2.05. The highest BCUT2D eigenvalue weighted by Gasteiger charge is 2.24. The van der Waals surface area contributed by atoms with Gasteiger partial charge in [-0.25, -0.2) is 4.98 Å². The number of nitrogens with zero attached hydrogens (tertiary/aromatic N) is 1. The molecule has 0 spiro atoms. The van der Waals surface area contributed by atoms with E-state index < -0.39 is 23.6 Å². The van der Waals surface area contributed by atoms with E-state index in [-0.39, 0.29) is 11.4 Å². The molecule has 0 bridgehead atoms. The van der Waals surface area contributed by atoms with Crippen LogP contribution in [0.3, 0.4) is 0 Å². The molecule has 0 aliphatic carbocycles. The standard InChI is InChI=1S/C11H9NO5S.H3N/c13-9(14)5-8(10(15)16)18-11-12-6-3-1-2-4-7(6)17-11;/h1-4,8H,5H2,(H,13,14)(H,15,16);1H3. The van der Waals surface area contributed by atoms with Gasteiger partial charge < -0.3 is 20.8 Å². The molecule has 0 saturated carbocycles. The highest BCUT2D eigenvalue weighted by Crippen LogP contribution is 2.28. The van der Waals surface area contributed by atoms with Gasteiger partial charge in [0.2, 0.25) is 0 Å². The molecular weight excluding hydrogens is 272 g/mol. The van der Waals surface area contributed by atoms with Crippen molar-refractivity contribution in [3.8, 4) is 0 Å². The zero-order valence-corrected chi connectivity index (χ0v) is 10.6. The number of carboxylic acids is 2. The minimum atomic E-state index is -1.20. The second-order valence-corrected chi connectivity index (χ2v) is 4.64. The molecule has 1 atom stereocenters. The van der Waals surface area contributed by atoms with Crippen LogP contribution in [-0.4, -0.2) is 32.4 Å². The maximum Gasteiger partial charge on any atom is 0.317 e. The Morgan fingerprint density at radius 3 is 2.58 bits per heavy atom. The van der Waals surface area contributed by atoms with Crippen LogP contribution in [0.25, 0.3) is 11.1 Å². The largest absolute Gasteiger partial charge is 0.481 e. The van der Waals surface area contributed by atoms with Crippen molar-refractivity contribution in [2.45, 2.75) is 16.9 Å². The number of hydrogen-bond donors (Lipinski definition) is 3. The summed E-state index contributed by atoms with van der Waals surface area (Å²) in [6, 6.07) is 6.99. The number of fused-ring (bicyclic) bond motifs is 1. The van der Waals surface area contributed by atoms with E-state index in [1.165, 1.54) is 0 Å². The molecule has 8 heteroatoms. The Morgan fingerprint density at radius 1 is 1.32 bits per heavy atom. The van der Waals surface area contributed by atoms with Gasteiger partial charge >= 0.3 is 11.9 Å². The molecule has 0 fully saturated rings. The summed E-state index contributed by atoms with van der Waals surface area (Å²) in [5.74, 6) is -2.38. The molecule has 1 heterocycles. The Bertz CT molecular complexity index is 565. The van der Waals surface area contributed by atoms with Gasteiger partial charge in [-0.2, -0.15) is 0 Å². The van der Waals surface area contributed by atoms with Crippen molar-refractivity contribution in [2.24, 2.45) is 0 Å². The number of aromatic nitrogens is 1. The van der Waals surface area contributed by atoms with Gasteiger partial charge in [0, 0.05) is 0 Å². The summed E-state index contributed by atoms with van der Waals surface area (Å²) in [6.45, 7) is 0. The molecule has 2 rings (SSSR count). The minimum absolute atomic E-state index is 0. The number of rotatable bonds is 5. The van der Waals surface area contributed by atoms with Gasteiger partial charge in [0.15, 0.2) is 5.58 Å². The van der Waals surface area contributed by atoms with Gasteiger partial charge in [-0.1, -0.05) is 23.9 Å². The molecular formula is C11H12N2O5S. The minimum Gasteiger partial charge on any atom is -0.481 e. The fraction of sp³-hybridized carbons (Fsp3) is 0.182. The number of aliphatic carboxylic acids is 2. The third kappa shape index (κ3) is 3.70. The fourth-order valence-electron chi connectivity index (χ4n) is 1.36. The Morgan fingerprint density at radius 2 is 2.00 bits per heavy atom. The molecule has 2 aromatic rings. The van der Waals surface area contributed by atoms with Gasteiger partial charge in [-0.15, -0.1) is 0 Å². The zero-order valence-electron chi connectivity index (χ0n) is 9.78. The number of hydrogen-bond acceptors (Lipinski definition) is 6. The summed E-state index contributed by atoms with van der Waals surface area (Å²) in [7, 11) is 0. The summed E-state index contributed by atoms with van der Waals surface area (Å²) >= 11 is 0.793. The van der Waals surface area contributed by atoms with Crippen molar-refractivity contribution < 1.29 is 24.2 Å². The second kappa shape index (κ2) is 6.21. The van der Waals surface area contributed by atoms with Gasteiger partial charge in [0.1, 0.15) is 10.8 Å². The van der Waals surface area contributed by atoms with E-state index in [9.17, 15) is 9.59 Å². The van der Waals surface area contributed by atoms with Crippen molar-refractivity contribution in [1.29, 1.82) is 0 Å². The highest BCUT2D eigenvalue weighted by atomic mass is 32.2. The van der Waals surface area contributed by atoms with Crippen molar-refractivity contribution in [1.82, 2.24) is 11.1 Å². The van der Waals surface area contributed by atoms with Crippen LogP contribution in [0.2, 0.25) is 0 Å². The van der Waals surface area contributed by atoms with E-state index in [4.69, 9.17) is 14.6 Å². The van der Waals surface area contributed by atoms with Gasteiger partial charge in [-0.3, -0.25) is 9.59 Å². The monoisotopic (exact) mass is 284 g/mol. The van der Waals surface area contributed by atoms with E-state index in [1.807, 2.05) is 0 Å². The van der Waals surface area contributed by atoms with Crippen molar-refractivity contribution in [3.05, 3.63) is 24.3 Å². The first kappa shape index (κ1) is 15.0. The molecule has 102 valence electrons.